The van der Waals surface area contributed by atoms with Gasteiger partial charge < -0.3 is 5.32 Å². The van der Waals surface area contributed by atoms with Crippen molar-refractivity contribution in [1.82, 2.24) is 4.98 Å². The van der Waals surface area contributed by atoms with Gasteiger partial charge in [0.25, 0.3) is 0 Å². The maximum atomic E-state index is 11.0. The number of pyridine rings is 1. The fourth-order valence-electron chi connectivity index (χ4n) is 2.55. The number of nitrogens with one attached hydrogen (secondary N) is 1. The molecule has 18 heavy (non-hydrogen) atoms. The third-order valence-electron chi connectivity index (χ3n) is 3.99. The summed E-state index contributed by atoms with van der Waals surface area (Å²) in [6.45, 7) is 6.22. The standard InChI is InChI=1S/C13H19N3O2/c1-8-6-12(16(17)18)13(14-7-8)15-11-5-4-9(2)10(11)3/h6-7,9-11H,4-5H2,1-3H3,(H,14,15). The molecule has 1 aliphatic carbocycles. The number of hydrogen-bond acceptors (Lipinski definition) is 4. The highest BCUT2D eigenvalue weighted by Crippen LogP contribution is 2.34. The van der Waals surface area contributed by atoms with E-state index >= 15 is 0 Å². The van der Waals surface area contributed by atoms with Crippen LogP contribution < -0.4 is 5.32 Å². The summed E-state index contributed by atoms with van der Waals surface area (Å²) in [6.07, 6.45) is 3.88. The zero-order valence-electron chi connectivity index (χ0n) is 11.0. The molecule has 2 rings (SSSR count). The minimum atomic E-state index is -0.370. The molecule has 5 nitrogen and oxygen atoms in total. The third-order valence-corrected chi connectivity index (χ3v) is 3.99. The van der Waals surface area contributed by atoms with Crippen LogP contribution in [0.1, 0.15) is 32.3 Å². The van der Waals surface area contributed by atoms with Crippen LogP contribution in [0.2, 0.25) is 0 Å². The Morgan fingerprint density at radius 1 is 1.44 bits per heavy atom. The number of rotatable bonds is 3. The predicted molar refractivity (Wildman–Crippen MR) is 70.6 cm³/mol. The zero-order valence-corrected chi connectivity index (χ0v) is 11.0. The van der Waals surface area contributed by atoms with Crippen molar-refractivity contribution in [3.63, 3.8) is 0 Å². The molecular formula is C13H19N3O2. The molecule has 0 amide bonds. The number of aromatic nitrogens is 1. The Kier molecular flexibility index (Phi) is 3.50. The predicted octanol–water partition coefficient (Wildman–Crippen LogP) is 3.14. The average molecular weight is 249 g/mol. The molecule has 1 saturated carbocycles. The lowest BCUT2D eigenvalue weighted by molar-refractivity contribution is -0.384. The first-order valence-corrected chi connectivity index (χ1v) is 6.36. The molecule has 3 unspecified atom stereocenters. The summed E-state index contributed by atoms with van der Waals surface area (Å²) in [4.78, 5) is 14.8. The van der Waals surface area contributed by atoms with Crippen molar-refractivity contribution >= 4 is 11.5 Å². The van der Waals surface area contributed by atoms with Crippen molar-refractivity contribution in [2.45, 2.75) is 39.7 Å². The smallest absolute Gasteiger partial charge is 0.311 e. The van der Waals surface area contributed by atoms with Crippen molar-refractivity contribution in [3.8, 4) is 0 Å². The lowest BCUT2D eigenvalue weighted by Crippen LogP contribution is -2.25. The Morgan fingerprint density at radius 2 is 2.17 bits per heavy atom. The topological polar surface area (TPSA) is 68.1 Å². The van der Waals surface area contributed by atoms with Crippen LogP contribution in [0, 0.1) is 28.9 Å². The second-order valence-corrected chi connectivity index (χ2v) is 5.30. The summed E-state index contributed by atoms with van der Waals surface area (Å²) in [5.74, 6) is 1.58. The van der Waals surface area contributed by atoms with Crippen LogP contribution in [-0.2, 0) is 0 Å². The number of aryl methyl sites for hydroxylation is 1. The summed E-state index contributed by atoms with van der Waals surface area (Å²) < 4.78 is 0. The van der Waals surface area contributed by atoms with Crippen LogP contribution in [0.5, 0.6) is 0 Å². The fraction of sp³-hybridized carbons (Fsp3) is 0.615. The molecule has 3 atom stereocenters. The van der Waals surface area contributed by atoms with E-state index in [-0.39, 0.29) is 16.7 Å². The Labute approximate surface area is 107 Å². The van der Waals surface area contributed by atoms with Gasteiger partial charge in [-0.2, -0.15) is 0 Å². The maximum Gasteiger partial charge on any atom is 0.311 e. The number of hydrogen-bond donors (Lipinski definition) is 1. The first-order valence-electron chi connectivity index (χ1n) is 6.36. The minimum Gasteiger partial charge on any atom is -0.361 e. The van der Waals surface area contributed by atoms with E-state index in [0.29, 0.717) is 17.7 Å². The Balaban J connectivity index is 2.21. The molecule has 0 radical (unpaired) electrons. The minimum absolute atomic E-state index is 0.0711. The van der Waals surface area contributed by atoms with Crippen molar-refractivity contribution in [2.24, 2.45) is 11.8 Å². The highest BCUT2D eigenvalue weighted by Gasteiger charge is 2.31. The van der Waals surface area contributed by atoms with Gasteiger partial charge in [-0.15, -0.1) is 0 Å². The van der Waals surface area contributed by atoms with E-state index in [4.69, 9.17) is 0 Å². The van der Waals surface area contributed by atoms with E-state index in [1.807, 2.05) is 6.92 Å². The summed E-state index contributed by atoms with van der Waals surface area (Å²) in [5.41, 5.74) is 0.877. The second kappa shape index (κ2) is 4.92. The number of nitrogens with zero attached hydrogens (tertiary/aromatic N) is 2. The van der Waals surface area contributed by atoms with Crippen LogP contribution in [0.4, 0.5) is 11.5 Å². The van der Waals surface area contributed by atoms with Gasteiger partial charge in [0.1, 0.15) is 0 Å². The van der Waals surface area contributed by atoms with Gasteiger partial charge in [-0.3, -0.25) is 10.1 Å². The summed E-state index contributed by atoms with van der Waals surface area (Å²) in [7, 11) is 0. The van der Waals surface area contributed by atoms with E-state index in [2.05, 4.69) is 24.1 Å². The molecule has 0 spiro atoms. The first kappa shape index (κ1) is 12.8. The lowest BCUT2D eigenvalue weighted by Gasteiger charge is -2.20. The molecular weight excluding hydrogens is 230 g/mol. The average Bonchev–Trinajstić information content (AvgIpc) is 2.63. The summed E-state index contributed by atoms with van der Waals surface area (Å²) in [5, 5.41) is 14.3. The Bertz CT molecular complexity index is 462. The molecule has 1 aromatic rings. The van der Waals surface area contributed by atoms with Crippen LogP contribution in [-0.4, -0.2) is 15.9 Å². The normalized spacial score (nSPS) is 27.2. The second-order valence-electron chi connectivity index (χ2n) is 5.30. The van der Waals surface area contributed by atoms with Gasteiger partial charge in [0, 0.05) is 18.3 Å². The largest absolute Gasteiger partial charge is 0.361 e. The van der Waals surface area contributed by atoms with Gasteiger partial charge in [-0.25, -0.2) is 4.98 Å². The van der Waals surface area contributed by atoms with E-state index in [9.17, 15) is 10.1 Å². The van der Waals surface area contributed by atoms with Crippen molar-refractivity contribution in [2.75, 3.05) is 5.32 Å². The molecule has 1 fully saturated rings. The van der Waals surface area contributed by atoms with Crippen molar-refractivity contribution in [1.29, 1.82) is 0 Å². The molecule has 0 aromatic carbocycles. The zero-order chi connectivity index (χ0) is 13.3. The highest BCUT2D eigenvalue weighted by atomic mass is 16.6. The maximum absolute atomic E-state index is 11.0. The molecule has 0 saturated heterocycles. The van der Waals surface area contributed by atoms with Gasteiger partial charge in [-0.1, -0.05) is 13.8 Å². The molecule has 0 bridgehead atoms. The van der Waals surface area contributed by atoms with Gasteiger partial charge in [0.05, 0.1) is 4.92 Å². The van der Waals surface area contributed by atoms with Gasteiger partial charge in [0.15, 0.2) is 0 Å². The molecule has 1 N–H and O–H groups in total. The third kappa shape index (κ3) is 2.44. The van der Waals surface area contributed by atoms with Gasteiger partial charge in [0.2, 0.25) is 5.82 Å². The highest BCUT2D eigenvalue weighted by molar-refractivity contribution is 5.57. The van der Waals surface area contributed by atoms with Crippen molar-refractivity contribution in [3.05, 3.63) is 27.9 Å². The number of nitro groups is 1. The van der Waals surface area contributed by atoms with E-state index < -0.39 is 0 Å². The number of anilines is 1. The summed E-state index contributed by atoms with van der Waals surface area (Å²) >= 11 is 0. The first-order chi connectivity index (χ1) is 8.49. The van der Waals surface area contributed by atoms with E-state index in [0.717, 1.165) is 12.0 Å². The molecule has 5 heteroatoms. The van der Waals surface area contributed by atoms with Crippen LogP contribution in [0.15, 0.2) is 12.3 Å². The molecule has 1 aliphatic rings. The van der Waals surface area contributed by atoms with Crippen LogP contribution >= 0.6 is 0 Å². The van der Waals surface area contributed by atoms with E-state index in [1.54, 1.807) is 12.3 Å². The molecule has 0 aliphatic heterocycles. The van der Waals surface area contributed by atoms with Crippen molar-refractivity contribution < 1.29 is 4.92 Å². The van der Waals surface area contributed by atoms with Gasteiger partial charge in [-0.05, 0) is 37.2 Å². The van der Waals surface area contributed by atoms with Crippen LogP contribution in [0.25, 0.3) is 0 Å². The SMILES string of the molecule is Cc1cnc(NC2CCC(C)C2C)c([N+](=O)[O-])c1. The van der Waals surface area contributed by atoms with Gasteiger partial charge >= 0.3 is 5.69 Å². The monoisotopic (exact) mass is 249 g/mol. The van der Waals surface area contributed by atoms with E-state index in [1.165, 1.54) is 6.42 Å². The summed E-state index contributed by atoms with van der Waals surface area (Å²) in [6, 6.07) is 1.85. The quantitative estimate of drug-likeness (QED) is 0.660. The molecule has 1 heterocycles. The Morgan fingerprint density at radius 3 is 2.72 bits per heavy atom. The lowest BCUT2D eigenvalue weighted by atomic mass is 9.98. The van der Waals surface area contributed by atoms with Crippen LogP contribution in [0.3, 0.4) is 0 Å². The molecule has 1 aromatic heterocycles. The fourth-order valence-corrected chi connectivity index (χ4v) is 2.55. The molecule has 98 valence electrons. The Hall–Kier alpha value is -1.65.